The average molecular weight is 297 g/mol. The zero-order valence-electron chi connectivity index (χ0n) is 11.9. The molecule has 5 nitrogen and oxygen atoms in total. The van der Waals surface area contributed by atoms with Crippen LogP contribution >= 0.6 is 0 Å². The quantitative estimate of drug-likeness (QED) is 0.942. The van der Waals surface area contributed by atoms with Gasteiger partial charge in [-0.25, -0.2) is 0 Å². The number of rotatable bonds is 3. The van der Waals surface area contributed by atoms with E-state index in [2.05, 4.69) is 5.32 Å². The summed E-state index contributed by atoms with van der Waals surface area (Å²) in [6.45, 7) is 0.686. The number of fused-ring (bicyclic) bond motifs is 2. The number of nitrogens with one attached hydrogen (secondary N) is 1. The predicted molar refractivity (Wildman–Crippen MR) is 79.0 cm³/mol. The van der Waals surface area contributed by atoms with Gasteiger partial charge in [-0.1, -0.05) is 24.3 Å². The van der Waals surface area contributed by atoms with Gasteiger partial charge in [0.15, 0.2) is 17.6 Å². The Morgan fingerprint density at radius 3 is 2.86 bits per heavy atom. The van der Waals surface area contributed by atoms with Crippen molar-refractivity contribution in [2.45, 2.75) is 19.1 Å². The number of benzene rings is 2. The van der Waals surface area contributed by atoms with Crippen molar-refractivity contribution in [3.8, 4) is 17.2 Å². The van der Waals surface area contributed by atoms with Crippen molar-refractivity contribution < 1.29 is 19.0 Å². The molecule has 2 aliphatic rings. The van der Waals surface area contributed by atoms with Gasteiger partial charge in [-0.15, -0.1) is 0 Å². The van der Waals surface area contributed by atoms with Crippen LogP contribution in [-0.2, 0) is 17.8 Å². The van der Waals surface area contributed by atoms with Crippen LogP contribution in [0.5, 0.6) is 17.2 Å². The molecule has 4 rings (SSSR count). The molecule has 0 unspecified atom stereocenters. The minimum absolute atomic E-state index is 0.103. The van der Waals surface area contributed by atoms with E-state index in [1.54, 1.807) is 0 Å². The van der Waals surface area contributed by atoms with Gasteiger partial charge in [-0.05, 0) is 29.3 Å². The molecule has 0 saturated heterocycles. The Kier molecular flexibility index (Phi) is 3.11. The van der Waals surface area contributed by atoms with Crippen LogP contribution in [0.25, 0.3) is 0 Å². The molecule has 0 radical (unpaired) electrons. The molecule has 0 aromatic heterocycles. The fourth-order valence-corrected chi connectivity index (χ4v) is 2.68. The molecule has 0 bridgehead atoms. The van der Waals surface area contributed by atoms with Crippen molar-refractivity contribution in [3.05, 3.63) is 53.6 Å². The molecule has 2 aliphatic heterocycles. The Labute approximate surface area is 127 Å². The van der Waals surface area contributed by atoms with Crippen LogP contribution in [0.2, 0.25) is 0 Å². The van der Waals surface area contributed by atoms with E-state index in [9.17, 15) is 4.79 Å². The van der Waals surface area contributed by atoms with E-state index in [0.717, 1.165) is 28.4 Å². The second-order valence-electron chi connectivity index (χ2n) is 5.32. The maximum Gasteiger partial charge on any atom is 0.261 e. The third-order valence-electron chi connectivity index (χ3n) is 3.84. The maximum atomic E-state index is 12.2. The highest BCUT2D eigenvalue weighted by Crippen LogP contribution is 2.32. The lowest BCUT2D eigenvalue weighted by Gasteiger charge is -2.11. The Morgan fingerprint density at radius 2 is 1.95 bits per heavy atom. The number of para-hydroxylation sites is 1. The molecule has 2 aromatic carbocycles. The Balaban J connectivity index is 1.37. The van der Waals surface area contributed by atoms with Gasteiger partial charge in [0.1, 0.15) is 5.75 Å². The first kappa shape index (κ1) is 13.0. The smallest absolute Gasteiger partial charge is 0.261 e. The van der Waals surface area contributed by atoms with E-state index >= 15 is 0 Å². The summed E-state index contributed by atoms with van der Waals surface area (Å²) in [6, 6.07) is 13.4. The Bertz CT molecular complexity index is 703. The molecule has 112 valence electrons. The van der Waals surface area contributed by atoms with Crippen molar-refractivity contribution in [3.63, 3.8) is 0 Å². The number of amides is 1. The standard InChI is InChI=1S/C17H15NO4/c19-17(16-8-12-3-1-2-4-13(12)22-16)18-9-11-5-6-14-15(7-11)21-10-20-14/h1-7,16H,8-10H2,(H,18,19)/t16-/m0/s1. The first-order valence-electron chi connectivity index (χ1n) is 7.20. The molecular formula is C17H15NO4. The van der Waals surface area contributed by atoms with Crippen LogP contribution < -0.4 is 19.5 Å². The van der Waals surface area contributed by atoms with Gasteiger partial charge in [0.25, 0.3) is 5.91 Å². The summed E-state index contributed by atoms with van der Waals surface area (Å²) in [6.07, 6.45) is 0.162. The average Bonchev–Trinajstić information content (AvgIpc) is 3.18. The summed E-state index contributed by atoms with van der Waals surface area (Å²) in [7, 11) is 0. The SMILES string of the molecule is O=C(NCc1ccc2c(c1)OCO2)[C@@H]1Cc2ccccc2O1. The summed E-state index contributed by atoms with van der Waals surface area (Å²) in [4.78, 5) is 12.2. The van der Waals surface area contributed by atoms with Gasteiger partial charge < -0.3 is 19.5 Å². The van der Waals surface area contributed by atoms with Crippen LogP contribution in [0.1, 0.15) is 11.1 Å². The molecule has 5 heteroatoms. The summed E-state index contributed by atoms with van der Waals surface area (Å²) in [5, 5.41) is 2.91. The number of hydrogen-bond acceptors (Lipinski definition) is 4. The minimum atomic E-state index is -0.452. The maximum absolute atomic E-state index is 12.2. The van der Waals surface area contributed by atoms with Crippen LogP contribution in [-0.4, -0.2) is 18.8 Å². The highest BCUT2D eigenvalue weighted by atomic mass is 16.7. The molecule has 1 amide bonds. The number of ether oxygens (including phenoxy) is 3. The second kappa shape index (κ2) is 5.26. The molecule has 2 heterocycles. The monoisotopic (exact) mass is 297 g/mol. The van der Waals surface area contributed by atoms with Crippen LogP contribution in [0, 0.1) is 0 Å². The van der Waals surface area contributed by atoms with Crippen molar-refractivity contribution in [1.82, 2.24) is 5.32 Å². The lowest BCUT2D eigenvalue weighted by molar-refractivity contribution is -0.127. The predicted octanol–water partition coefficient (Wildman–Crippen LogP) is 2.04. The van der Waals surface area contributed by atoms with Crippen molar-refractivity contribution in [2.75, 3.05) is 6.79 Å². The lowest BCUT2D eigenvalue weighted by Crippen LogP contribution is -2.36. The molecule has 0 fully saturated rings. The van der Waals surface area contributed by atoms with E-state index in [4.69, 9.17) is 14.2 Å². The topological polar surface area (TPSA) is 56.8 Å². The largest absolute Gasteiger partial charge is 0.480 e. The summed E-state index contributed by atoms with van der Waals surface area (Å²) < 4.78 is 16.3. The first-order valence-corrected chi connectivity index (χ1v) is 7.20. The van der Waals surface area contributed by atoms with Crippen molar-refractivity contribution >= 4 is 5.91 Å². The highest BCUT2D eigenvalue weighted by molar-refractivity contribution is 5.82. The van der Waals surface area contributed by atoms with E-state index in [0.29, 0.717) is 13.0 Å². The number of carbonyl (C=O) groups is 1. The van der Waals surface area contributed by atoms with Crippen LogP contribution in [0.15, 0.2) is 42.5 Å². The molecule has 0 saturated carbocycles. The molecule has 1 N–H and O–H groups in total. The Hall–Kier alpha value is -2.69. The van der Waals surface area contributed by atoms with Crippen molar-refractivity contribution in [1.29, 1.82) is 0 Å². The van der Waals surface area contributed by atoms with E-state index in [-0.39, 0.29) is 12.7 Å². The van der Waals surface area contributed by atoms with Gasteiger partial charge in [-0.3, -0.25) is 4.79 Å². The van der Waals surface area contributed by atoms with E-state index in [1.165, 1.54) is 0 Å². The minimum Gasteiger partial charge on any atom is -0.480 e. The van der Waals surface area contributed by atoms with Gasteiger partial charge >= 0.3 is 0 Å². The van der Waals surface area contributed by atoms with E-state index < -0.39 is 6.10 Å². The normalized spacial score (nSPS) is 17.7. The molecule has 0 aliphatic carbocycles. The molecule has 22 heavy (non-hydrogen) atoms. The zero-order valence-corrected chi connectivity index (χ0v) is 11.9. The number of carbonyl (C=O) groups excluding carboxylic acids is 1. The zero-order chi connectivity index (χ0) is 14.9. The lowest BCUT2D eigenvalue weighted by atomic mass is 10.1. The molecule has 1 atom stereocenters. The first-order chi connectivity index (χ1) is 10.8. The van der Waals surface area contributed by atoms with Crippen LogP contribution in [0.4, 0.5) is 0 Å². The second-order valence-corrected chi connectivity index (χ2v) is 5.32. The van der Waals surface area contributed by atoms with Gasteiger partial charge in [-0.2, -0.15) is 0 Å². The molecule has 0 spiro atoms. The summed E-state index contributed by atoms with van der Waals surface area (Å²) >= 11 is 0. The Morgan fingerprint density at radius 1 is 1.09 bits per heavy atom. The van der Waals surface area contributed by atoms with Gasteiger partial charge in [0, 0.05) is 13.0 Å². The fourth-order valence-electron chi connectivity index (χ4n) is 2.68. The molecule has 2 aromatic rings. The van der Waals surface area contributed by atoms with E-state index in [1.807, 2.05) is 42.5 Å². The number of hydrogen-bond donors (Lipinski definition) is 1. The fraction of sp³-hybridized carbons (Fsp3) is 0.235. The highest BCUT2D eigenvalue weighted by Gasteiger charge is 2.28. The van der Waals surface area contributed by atoms with Crippen molar-refractivity contribution in [2.24, 2.45) is 0 Å². The summed E-state index contributed by atoms with van der Waals surface area (Å²) in [5.41, 5.74) is 2.04. The molecular weight excluding hydrogens is 282 g/mol. The van der Waals surface area contributed by atoms with Crippen LogP contribution in [0.3, 0.4) is 0 Å². The van der Waals surface area contributed by atoms with Gasteiger partial charge in [0.05, 0.1) is 0 Å². The third-order valence-corrected chi connectivity index (χ3v) is 3.84. The third kappa shape index (κ3) is 2.35. The summed E-state index contributed by atoms with van der Waals surface area (Å²) in [5.74, 6) is 2.15. The van der Waals surface area contributed by atoms with Gasteiger partial charge in [0.2, 0.25) is 6.79 Å².